The van der Waals surface area contributed by atoms with Crippen LogP contribution in [0, 0.1) is 5.92 Å². The standard InChI is InChI=1S/C10H16O4/c1-7(11)12-5-8-4-10(8)6-13-9(2,3)14-10/h8H,4-6H2,1-3H3. The third-order valence-corrected chi connectivity index (χ3v) is 2.78. The summed E-state index contributed by atoms with van der Waals surface area (Å²) >= 11 is 0. The summed E-state index contributed by atoms with van der Waals surface area (Å²) in [6.07, 6.45) is 0.934. The number of hydrogen-bond donors (Lipinski definition) is 0. The largest absolute Gasteiger partial charge is 0.465 e. The van der Waals surface area contributed by atoms with Gasteiger partial charge in [0.2, 0.25) is 0 Å². The molecule has 2 fully saturated rings. The zero-order chi connectivity index (χ0) is 10.4. The van der Waals surface area contributed by atoms with Gasteiger partial charge in [0.15, 0.2) is 5.79 Å². The molecule has 2 rings (SSSR count). The third kappa shape index (κ3) is 1.77. The summed E-state index contributed by atoms with van der Waals surface area (Å²) in [6.45, 7) is 6.30. The molecule has 0 aromatic rings. The highest BCUT2D eigenvalue weighted by molar-refractivity contribution is 5.65. The zero-order valence-electron chi connectivity index (χ0n) is 8.83. The summed E-state index contributed by atoms with van der Waals surface area (Å²) in [4.78, 5) is 10.6. The minimum atomic E-state index is -0.481. The molecule has 1 saturated carbocycles. The lowest BCUT2D eigenvalue weighted by molar-refractivity contribution is -0.148. The highest BCUT2D eigenvalue weighted by atomic mass is 16.8. The van der Waals surface area contributed by atoms with Crippen molar-refractivity contribution in [2.75, 3.05) is 13.2 Å². The Kier molecular flexibility index (Phi) is 2.08. The van der Waals surface area contributed by atoms with Gasteiger partial charge in [-0.25, -0.2) is 0 Å². The molecule has 1 aliphatic heterocycles. The van der Waals surface area contributed by atoms with E-state index >= 15 is 0 Å². The predicted octanol–water partition coefficient (Wildman–Crippen LogP) is 1.09. The SMILES string of the molecule is CC(=O)OCC1CC12COC(C)(C)O2. The molecule has 0 amide bonds. The van der Waals surface area contributed by atoms with E-state index in [4.69, 9.17) is 14.2 Å². The highest BCUT2D eigenvalue weighted by Crippen LogP contribution is 2.53. The van der Waals surface area contributed by atoms with E-state index < -0.39 is 5.79 Å². The van der Waals surface area contributed by atoms with Crippen LogP contribution in [-0.2, 0) is 19.0 Å². The van der Waals surface area contributed by atoms with Gasteiger partial charge in [-0.2, -0.15) is 0 Å². The Bertz CT molecular complexity index is 261. The van der Waals surface area contributed by atoms with Gasteiger partial charge >= 0.3 is 5.97 Å². The molecule has 1 saturated heterocycles. The van der Waals surface area contributed by atoms with Gasteiger partial charge in [0.05, 0.1) is 13.2 Å². The molecule has 14 heavy (non-hydrogen) atoms. The van der Waals surface area contributed by atoms with Crippen molar-refractivity contribution in [2.45, 2.75) is 38.6 Å². The van der Waals surface area contributed by atoms with Crippen LogP contribution in [0.3, 0.4) is 0 Å². The molecule has 0 aromatic heterocycles. The molecule has 2 atom stereocenters. The molecular formula is C10H16O4. The van der Waals surface area contributed by atoms with E-state index in [0.717, 1.165) is 6.42 Å². The lowest BCUT2D eigenvalue weighted by Gasteiger charge is -2.17. The van der Waals surface area contributed by atoms with Crippen LogP contribution in [0.25, 0.3) is 0 Å². The van der Waals surface area contributed by atoms with Gasteiger partial charge in [0.1, 0.15) is 5.60 Å². The van der Waals surface area contributed by atoms with Crippen LogP contribution in [0.5, 0.6) is 0 Å². The Labute approximate surface area is 83.5 Å². The van der Waals surface area contributed by atoms with E-state index in [-0.39, 0.29) is 11.6 Å². The Hall–Kier alpha value is -0.610. The first-order valence-electron chi connectivity index (χ1n) is 4.91. The Morgan fingerprint density at radius 1 is 1.57 bits per heavy atom. The molecule has 0 radical (unpaired) electrons. The van der Waals surface area contributed by atoms with Crippen molar-refractivity contribution in [1.82, 2.24) is 0 Å². The van der Waals surface area contributed by atoms with E-state index in [1.165, 1.54) is 6.92 Å². The second kappa shape index (κ2) is 2.94. The molecule has 2 aliphatic rings. The first kappa shape index (κ1) is 9.93. The number of carbonyl (C=O) groups excluding carboxylic acids is 1. The summed E-state index contributed by atoms with van der Waals surface area (Å²) in [7, 11) is 0. The Balaban J connectivity index is 1.83. The summed E-state index contributed by atoms with van der Waals surface area (Å²) < 4.78 is 16.2. The normalized spacial score (nSPS) is 38.6. The molecule has 1 aliphatic carbocycles. The maximum atomic E-state index is 10.6. The Morgan fingerprint density at radius 2 is 2.29 bits per heavy atom. The first-order chi connectivity index (χ1) is 6.44. The fraction of sp³-hybridized carbons (Fsp3) is 0.900. The van der Waals surface area contributed by atoms with Crippen LogP contribution in [0.1, 0.15) is 27.2 Å². The van der Waals surface area contributed by atoms with E-state index in [1.807, 2.05) is 13.8 Å². The second-order valence-electron chi connectivity index (χ2n) is 4.56. The zero-order valence-corrected chi connectivity index (χ0v) is 8.83. The van der Waals surface area contributed by atoms with Crippen LogP contribution < -0.4 is 0 Å². The molecule has 4 heteroatoms. The van der Waals surface area contributed by atoms with E-state index in [9.17, 15) is 4.79 Å². The van der Waals surface area contributed by atoms with Crippen molar-refractivity contribution in [1.29, 1.82) is 0 Å². The van der Waals surface area contributed by atoms with Crippen LogP contribution >= 0.6 is 0 Å². The average Bonchev–Trinajstić information content (AvgIpc) is 2.61. The summed E-state index contributed by atoms with van der Waals surface area (Å²) in [6, 6.07) is 0. The molecule has 80 valence electrons. The lowest BCUT2D eigenvalue weighted by Crippen LogP contribution is -2.24. The second-order valence-corrected chi connectivity index (χ2v) is 4.56. The van der Waals surface area contributed by atoms with Crippen molar-refractivity contribution >= 4 is 5.97 Å². The van der Waals surface area contributed by atoms with Gasteiger partial charge in [-0.1, -0.05) is 0 Å². The van der Waals surface area contributed by atoms with Crippen LogP contribution in [0.15, 0.2) is 0 Å². The molecule has 1 heterocycles. The number of esters is 1. The maximum Gasteiger partial charge on any atom is 0.302 e. The number of hydrogen-bond acceptors (Lipinski definition) is 4. The Morgan fingerprint density at radius 3 is 2.79 bits per heavy atom. The monoisotopic (exact) mass is 200 g/mol. The van der Waals surface area contributed by atoms with Crippen molar-refractivity contribution in [3.63, 3.8) is 0 Å². The van der Waals surface area contributed by atoms with Gasteiger partial charge in [-0.15, -0.1) is 0 Å². The topological polar surface area (TPSA) is 44.8 Å². The minimum absolute atomic E-state index is 0.168. The smallest absolute Gasteiger partial charge is 0.302 e. The van der Waals surface area contributed by atoms with Crippen molar-refractivity contribution in [2.24, 2.45) is 5.92 Å². The quantitative estimate of drug-likeness (QED) is 0.626. The first-order valence-corrected chi connectivity index (χ1v) is 4.91. The van der Waals surface area contributed by atoms with Gasteiger partial charge in [0, 0.05) is 12.8 Å². The highest BCUT2D eigenvalue weighted by Gasteiger charge is 2.62. The molecule has 0 bridgehead atoms. The molecular weight excluding hydrogens is 184 g/mol. The van der Waals surface area contributed by atoms with E-state index in [1.54, 1.807) is 0 Å². The molecule has 0 aromatic carbocycles. The predicted molar refractivity (Wildman–Crippen MR) is 48.6 cm³/mol. The lowest BCUT2D eigenvalue weighted by atomic mass is 10.3. The summed E-state index contributed by atoms with van der Waals surface area (Å²) in [5.74, 6) is -0.399. The summed E-state index contributed by atoms with van der Waals surface area (Å²) in [5.41, 5.74) is -0.168. The fourth-order valence-electron chi connectivity index (χ4n) is 1.93. The molecule has 1 spiro atoms. The summed E-state index contributed by atoms with van der Waals surface area (Å²) in [5, 5.41) is 0. The number of carbonyl (C=O) groups is 1. The van der Waals surface area contributed by atoms with E-state index in [2.05, 4.69) is 0 Å². The molecule has 2 unspecified atom stereocenters. The van der Waals surface area contributed by atoms with Gasteiger partial charge in [-0.3, -0.25) is 4.79 Å². The van der Waals surface area contributed by atoms with Crippen molar-refractivity contribution in [3.05, 3.63) is 0 Å². The van der Waals surface area contributed by atoms with Crippen molar-refractivity contribution < 1.29 is 19.0 Å². The average molecular weight is 200 g/mol. The minimum Gasteiger partial charge on any atom is -0.465 e. The molecule has 4 nitrogen and oxygen atoms in total. The van der Waals surface area contributed by atoms with Crippen LogP contribution in [0.4, 0.5) is 0 Å². The fourth-order valence-corrected chi connectivity index (χ4v) is 1.93. The van der Waals surface area contributed by atoms with Crippen LogP contribution in [-0.4, -0.2) is 30.6 Å². The van der Waals surface area contributed by atoms with Crippen LogP contribution in [0.2, 0.25) is 0 Å². The third-order valence-electron chi connectivity index (χ3n) is 2.78. The number of rotatable bonds is 2. The van der Waals surface area contributed by atoms with Crippen molar-refractivity contribution in [3.8, 4) is 0 Å². The van der Waals surface area contributed by atoms with Gasteiger partial charge in [-0.05, 0) is 20.3 Å². The van der Waals surface area contributed by atoms with E-state index in [0.29, 0.717) is 19.1 Å². The molecule has 0 N–H and O–H groups in total. The van der Waals surface area contributed by atoms with Gasteiger partial charge < -0.3 is 14.2 Å². The number of ether oxygens (including phenoxy) is 3. The maximum absolute atomic E-state index is 10.6. The van der Waals surface area contributed by atoms with Gasteiger partial charge in [0.25, 0.3) is 0 Å².